The Hall–Kier alpha value is -1.56. The Labute approximate surface area is 168 Å². The molecular weight excluding hydrogens is 402 g/mol. The number of aromatic nitrogens is 1. The molecule has 2 N–H and O–H groups in total. The lowest BCUT2D eigenvalue weighted by Gasteiger charge is -2.38. The molecule has 1 aromatic heterocycles. The molecule has 1 saturated carbocycles. The maximum atomic E-state index is 12.9. The first-order valence-corrected chi connectivity index (χ1v) is 12.0. The lowest BCUT2D eigenvalue weighted by molar-refractivity contribution is -0.142. The highest BCUT2D eigenvalue weighted by molar-refractivity contribution is 7.90. The molecule has 0 radical (unpaired) electrons. The van der Waals surface area contributed by atoms with Crippen molar-refractivity contribution in [3.05, 3.63) is 11.6 Å². The van der Waals surface area contributed by atoms with Gasteiger partial charge in [-0.1, -0.05) is 0 Å². The van der Waals surface area contributed by atoms with Crippen molar-refractivity contribution in [3.63, 3.8) is 0 Å². The van der Waals surface area contributed by atoms with Gasteiger partial charge in [0.05, 0.1) is 11.8 Å². The molecule has 2 atom stereocenters. The first-order valence-electron chi connectivity index (χ1n) is 9.64. The number of nitrogens with one attached hydrogen (secondary N) is 2. The van der Waals surface area contributed by atoms with Gasteiger partial charge in [0.25, 0.3) is 0 Å². The molecule has 28 heavy (non-hydrogen) atoms. The van der Waals surface area contributed by atoms with Crippen molar-refractivity contribution >= 4 is 38.3 Å². The maximum Gasteiger partial charge on any atom is 0.248 e. The number of rotatable bonds is 7. The predicted octanol–water partition coefficient (Wildman–Crippen LogP) is 0.0862. The van der Waals surface area contributed by atoms with E-state index < -0.39 is 16.1 Å². The summed E-state index contributed by atoms with van der Waals surface area (Å²) < 4.78 is 26.2. The third-order valence-corrected chi connectivity index (χ3v) is 8.62. The van der Waals surface area contributed by atoms with Crippen LogP contribution in [0.5, 0.6) is 0 Å². The minimum atomic E-state index is -3.39. The van der Waals surface area contributed by atoms with E-state index in [-0.39, 0.29) is 36.7 Å². The van der Waals surface area contributed by atoms with Crippen molar-refractivity contribution in [1.29, 1.82) is 0 Å². The van der Waals surface area contributed by atoms with Crippen molar-refractivity contribution in [2.24, 2.45) is 5.92 Å². The fourth-order valence-electron chi connectivity index (χ4n) is 3.87. The van der Waals surface area contributed by atoms with E-state index in [0.29, 0.717) is 30.3 Å². The average molecular weight is 428 g/mol. The van der Waals surface area contributed by atoms with Crippen LogP contribution in [0, 0.1) is 5.92 Å². The summed E-state index contributed by atoms with van der Waals surface area (Å²) in [7, 11) is -3.39. The normalized spacial score (nSPS) is 25.1. The van der Waals surface area contributed by atoms with Gasteiger partial charge in [0.1, 0.15) is 6.04 Å². The highest BCUT2D eigenvalue weighted by Crippen LogP contribution is 2.32. The van der Waals surface area contributed by atoms with Gasteiger partial charge in [0, 0.05) is 24.7 Å². The highest BCUT2D eigenvalue weighted by Gasteiger charge is 2.44. The Balaban J connectivity index is 1.47. The second-order valence-corrected chi connectivity index (χ2v) is 10.7. The van der Waals surface area contributed by atoms with Crippen LogP contribution < -0.4 is 10.6 Å². The van der Waals surface area contributed by atoms with E-state index >= 15 is 0 Å². The Morgan fingerprint density at radius 1 is 1.36 bits per heavy atom. The van der Waals surface area contributed by atoms with E-state index in [4.69, 9.17) is 0 Å². The third-order valence-electron chi connectivity index (χ3n) is 5.59. The number of amides is 2. The molecular formula is C17H25N5O4S2. The molecule has 3 heterocycles. The Morgan fingerprint density at radius 3 is 2.79 bits per heavy atom. The number of sulfonamides is 1. The van der Waals surface area contributed by atoms with Gasteiger partial charge in [-0.25, -0.2) is 13.4 Å². The molecule has 1 aromatic rings. The molecule has 154 valence electrons. The second-order valence-electron chi connectivity index (χ2n) is 7.60. The van der Waals surface area contributed by atoms with E-state index in [9.17, 15) is 18.0 Å². The number of piperazine rings is 1. The van der Waals surface area contributed by atoms with Crippen molar-refractivity contribution in [1.82, 2.24) is 19.5 Å². The SMILES string of the molecule is O=C(Nc1nccs1)C(CC1CCNC1)N1CCN(S(=O)(=O)C2CC2)CC1=O. The molecule has 2 unspecified atom stereocenters. The molecule has 0 aromatic carbocycles. The number of nitrogens with zero attached hydrogens (tertiary/aromatic N) is 3. The standard InChI is InChI=1S/C17H25N5O4S2/c23-15-11-21(28(25,26)13-1-2-13)6-7-22(15)14(9-12-3-4-18-10-12)16(24)20-17-19-5-8-27-17/h5,8,12-14,18H,1-4,6-7,9-11H2,(H,19,20,24). The van der Waals surface area contributed by atoms with Crippen LogP contribution in [0.15, 0.2) is 11.6 Å². The van der Waals surface area contributed by atoms with E-state index in [1.165, 1.54) is 15.6 Å². The molecule has 2 aliphatic heterocycles. The number of carbonyl (C=O) groups excluding carboxylic acids is 2. The van der Waals surface area contributed by atoms with Gasteiger partial charge in [-0.15, -0.1) is 11.3 Å². The van der Waals surface area contributed by atoms with Gasteiger partial charge in [-0.05, 0) is 44.7 Å². The number of thiazole rings is 1. The van der Waals surface area contributed by atoms with Crippen LogP contribution in [-0.4, -0.2) is 78.4 Å². The van der Waals surface area contributed by atoms with Crippen LogP contribution in [0.25, 0.3) is 0 Å². The summed E-state index contributed by atoms with van der Waals surface area (Å²) in [5.41, 5.74) is 0. The minimum absolute atomic E-state index is 0.178. The number of hydrogen-bond donors (Lipinski definition) is 2. The fourth-order valence-corrected chi connectivity index (χ4v) is 6.18. The van der Waals surface area contributed by atoms with Gasteiger partial charge in [0.15, 0.2) is 5.13 Å². The summed E-state index contributed by atoms with van der Waals surface area (Å²) >= 11 is 1.33. The largest absolute Gasteiger partial charge is 0.328 e. The molecule has 11 heteroatoms. The smallest absolute Gasteiger partial charge is 0.248 e. The summed E-state index contributed by atoms with van der Waals surface area (Å²) in [6.45, 7) is 2.04. The van der Waals surface area contributed by atoms with Gasteiger partial charge < -0.3 is 15.5 Å². The summed E-state index contributed by atoms with van der Waals surface area (Å²) in [6, 6.07) is -0.618. The summed E-state index contributed by atoms with van der Waals surface area (Å²) in [5.74, 6) is -0.248. The predicted molar refractivity (Wildman–Crippen MR) is 105 cm³/mol. The van der Waals surface area contributed by atoms with Gasteiger partial charge in [0.2, 0.25) is 21.8 Å². The van der Waals surface area contributed by atoms with Crippen LogP contribution in [0.1, 0.15) is 25.7 Å². The summed E-state index contributed by atoms with van der Waals surface area (Å²) in [5, 5.41) is 8.04. The number of carbonyl (C=O) groups is 2. The number of anilines is 1. The average Bonchev–Trinajstić information content (AvgIpc) is 3.18. The van der Waals surface area contributed by atoms with Gasteiger partial charge in [-0.2, -0.15) is 4.31 Å². The van der Waals surface area contributed by atoms with Crippen LogP contribution in [0.2, 0.25) is 0 Å². The van der Waals surface area contributed by atoms with E-state index in [0.717, 1.165) is 19.5 Å². The third kappa shape index (κ3) is 4.22. The summed E-state index contributed by atoms with van der Waals surface area (Å²) in [6.07, 6.45) is 4.48. The second kappa shape index (κ2) is 8.05. The van der Waals surface area contributed by atoms with Crippen molar-refractivity contribution < 1.29 is 18.0 Å². The lowest BCUT2D eigenvalue weighted by atomic mass is 9.97. The molecule has 2 amide bonds. The first kappa shape index (κ1) is 19.7. The fraction of sp³-hybridized carbons (Fsp3) is 0.706. The zero-order valence-corrected chi connectivity index (χ0v) is 17.2. The molecule has 0 spiro atoms. The van der Waals surface area contributed by atoms with Crippen LogP contribution in [0.3, 0.4) is 0 Å². The minimum Gasteiger partial charge on any atom is -0.328 e. The Bertz CT molecular complexity index is 819. The molecule has 3 fully saturated rings. The zero-order valence-electron chi connectivity index (χ0n) is 15.5. The van der Waals surface area contributed by atoms with Gasteiger partial charge >= 0.3 is 0 Å². The topological polar surface area (TPSA) is 112 Å². The van der Waals surface area contributed by atoms with Gasteiger partial charge in [-0.3, -0.25) is 9.59 Å². The Morgan fingerprint density at radius 2 is 2.18 bits per heavy atom. The Kier molecular flexibility index (Phi) is 5.68. The van der Waals surface area contributed by atoms with Crippen LogP contribution in [0.4, 0.5) is 5.13 Å². The molecule has 0 bridgehead atoms. The number of hydrogen-bond acceptors (Lipinski definition) is 7. The lowest BCUT2D eigenvalue weighted by Crippen LogP contribution is -2.58. The molecule has 1 aliphatic carbocycles. The van der Waals surface area contributed by atoms with E-state index in [1.54, 1.807) is 16.5 Å². The molecule has 9 nitrogen and oxygen atoms in total. The van der Waals surface area contributed by atoms with E-state index in [1.807, 2.05) is 0 Å². The molecule has 2 saturated heterocycles. The van der Waals surface area contributed by atoms with Crippen molar-refractivity contribution in [2.45, 2.75) is 37.0 Å². The molecule has 3 aliphatic rings. The zero-order chi connectivity index (χ0) is 19.7. The van der Waals surface area contributed by atoms with Crippen molar-refractivity contribution in [3.8, 4) is 0 Å². The van der Waals surface area contributed by atoms with Crippen LogP contribution in [-0.2, 0) is 19.6 Å². The quantitative estimate of drug-likeness (QED) is 0.638. The first-order chi connectivity index (χ1) is 13.4. The molecule has 4 rings (SSSR count). The highest BCUT2D eigenvalue weighted by atomic mass is 32.2. The summed E-state index contributed by atoms with van der Waals surface area (Å²) in [4.78, 5) is 31.4. The monoisotopic (exact) mass is 427 g/mol. The maximum absolute atomic E-state index is 12.9. The van der Waals surface area contributed by atoms with Crippen LogP contribution >= 0.6 is 11.3 Å². The van der Waals surface area contributed by atoms with E-state index in [2.05, 4.69) is 15.6 Å². The van der Waals surface area contributed by atoms with Crippen molar-refractivity contribution in [2.75, 3.05) is 38.0 Å².